The number of hydrogen-bond acceptors (Lipinski definition) is 2. The highest BCUT2D eigenvalue weighted by Crippen LogP contribution is 2.30. The Morgan fingerprint density at radius 2 is 1.62 bits per heavy atom. The number of carbonyl (C=O) groups is 1. The SMILES string of the molecule is Cc1nc(C(F)(F)F)cn1-c1ccc(NC(=O)c2c(F)cc(F)cc2F)cc1F. The molecule has 11 heteroatoms. The monoisotopic (exact) mass is 417 g/mol. The average molecular weight is 417 g/mol. The van der Waals surface area contributed by atoms with Crippen LogP contribution < -0.4 is 5.32 Å². The van der Waals surface area contributed by atoms with Gasteiger partial charge in [0.2, 0.25) is 0 Å². The van der Waals surface area contributed by atoms with Crippen LogP contribution in [0.3, 0.4) is 0 Å². The second-order valence-corrected chi connectivity index (χ2v) is 5.91. The molecule has 1 amide bonds. The van der Waals surface area contributed by atoms with Gasteiger partial charge in [0, 0.05) is 24.0 Å². The molecule has 0 aliphatic rings. The second kappa shape index (κ2) is 7.22. The first-order chi connectivity index (χ1) is 13.5. The van der Waals surface area contributed by atoms with Crippen molar-refractivity contribution in [2.45, 2.75) is 13.1 Å². The highest BCUT2D eigenvalue weighted by molar-refractivity contribution is 6.04. The molecule has 3 aromatic rings. The maximum atomic E-state index is 14.4. The van der Waals surface area contributed by atoms with E-state index in [9.17, 15) is 35.5 Å². The van der Waals surface area contributed by atoms with Crippen LogP contribution in [-0.4, -0.2) is 15.5 Å². The van der Waals surface area contributed by atoms with Crippen LogP contribution in [-0.2, 0) is 6.18 Å². The van der Waals surface area contributed by atoms with Crippen molar-refractivity contribution in [1.29, 1.82) is 0 Å². The Bertz CT molecular complexity index is 1080. The van der Waals surface area contributed by atoms with E-state index in [4.69, 9.17) is 0 Å². The van der Waals surface area contributed by atoms with Crippen LogP contribution in [0.5, 0.6) is 0 Å². The maximum absolute atomic E-state index is 14.4. The van der Waals surface area contributed by atoms with Gasteiger partial charge in [0.05, 0.1) is 5.69 Å². The van der Waals surface area contributed by atoms with Crippen molar-refractivity contribution >= 4 is 11.6 Å². The quantitative estimate of drug-likeness (QED) is 0.610. The Balaban J connectivity index is 1.89. The molecule has 29 heavy (non-hydrogen) atoms. The molecule has 0 bridgehead atoms. The summed E-state index contributed by atoms with van der Waals surface area (Å²) in [5.41, 5.74) is -2.80. The minimum Gasteiger partial charge on any atom is -0.322 e. The number of aromatic nitrogens is 2. The van der Waals surface area contributed by atoms with Gasteiger partial charge < -0.3 is 9.88 Å². The lowest BCUT2D eigenvalue weighted by Gasteiger charge is -2.10. The number of imidazole rings is 1. The van der Waals surface area contributed by atoms with E-state index in [0.29, 0.717) is 18.3 Å². The molecule has 0 fully saturated rings. The van der Waals surface area contributed by atoms with Crippen molar-refractivity contribution in [2.75, 3.05) is 5.32 Å². The summed E-state index contributed by atoms with van der Waals surface area (Å²) in [7, 11) is 0. The molecular formula is C18H10F7N3O. The molecule has 3 rings (SSSR count). The van der Waals surface area contributed by atoms with Crippen LogP contribution in [0, 0.1) is 30.2 Å². The third-order valence-corrected chi connectivity index (χ3v) is 3.87. The average Bonchev–Trinajstić information content (AvgIpc) is 2.96. The number of hydrogen-bond donors (Lipinski definition) is 1. The van der Waals surface area contributed by atoms with Gasteiger partial charge in [-0.1, -0.05) is 0 Å². The highest BCUT2D eigenvalue weighted by atomic mass is 19.4. The fraction of sp³-hybridized carbons (Fsp3) is 0.111. The molecule has 0 saturated carbocycles. The van der Waals surface area contributed by atoms with Gasteiger partial charge in [0.25, 0.3) is 5.91 Å². The van der Waals surface area contributed by atoms with Crippen LogP contribution in [0.25, 0.3) is 5.69 Å². The van der Waals surface area contributed by atoms with Gasteiger partial charge in [-0.05, 0) is 25.1 Å². The molecule has 1 N–H and O–H groups in total. The first-order valence-electron chi connectivity index (χ1n) is 7.86. The van der Waals surface area contributed by atoms with E-state index >= 15 is 0 Å². The number of rotatable bonds is 3. The number of benzene rings is 2. The second-order valence-electron chi connectivity index (χ2n) is 5.91. The molecule has 0 radical (unpaired) electrons. The van der Waals surface area contributed by atoms with Gasteiger partial charge in [-0.15, -0.1) is 0 Å². The predicted octanol–water partition coefficient (Wildman–Crippen LogP) is 5.01. The van der Waals surface area contributed by atoms with Crippen molar-refractivity contribution in [3.8, 4) is 5.69 Å². The fourth-order valence-corrected chi connectivity index (χ4v) is 2.59. The van der Waals surface area contributed by atoms with E-state index in [1.807, 2.05) is 5.32 Å². The van der Waals surface area contributed by atoms with Crippen LogP contribution in [0.1, 0.15) is 21.9 Å². The molecule has 0 aliphatic heterocycles. The molecule has 2 aromatic carbocycles. The first-order valence-corrected chi connectivity index (χ1v) is 7.86. The van der Waals surface area contributed by atoms with Gasteiger partial charge in [-0.2, -0.15) is 13.2 Å². The third-order valence-electron chi connectivity index (χ3n) is 3.87. The smallest absolute Gasteiger partial charge is 0.322 e. The van der Waals surface area contributed by atoms with Gasteiger partial charge in [0.15, 0.2) is 5.69 Å². The standard InChI is InChI=1S/C18H10F7N3O/c1-8-26-15(18(23,24)25)7-28(8)14-3-2-10(6-11(14)20)27-17(29)16-12(21)4-9(19)5-13(16)22/h2-7H,1H3,(H,27,29). The zero-order valence-electron chi connectivity index (χ0n) is 14.4. The van der Waals surface area contributed by atoms with Crippen LogP contribution in [0.4, 0.5) is 36.4 Å². The molecule has 0 aliphatic carbocycles. The summed E-state index contributed by atoms with van der Waals surface area (Å²) in [6, 6.07) is 3.53. The molecular weight excluding hydrogens is 407 g/mol. The fourth-order valence-electron chi connectivity index (χ4n) is 2.59. The summed E-state index contributed by atoms with van der Waals surface area (Å²) >= 11 is 0. The highest BCUT2D eigenvalue weighted by Gasteiger charge is 2.34. The molecule has 0 saturated heterocycles. The number of amides is 1. The molecule has 0 spiro atoms. The number of alkyl halides is 3. The number of halogens is 7. The van der Waals surface area contributed by atoms with Crippen molar-refractivity contribution in [3.05, 3.63) is 76.9 Å². The van der Waals surface area contributed by atoms with Crippen molar-refractivity contribution in [3.63, 3.8) is 0 Å². The van der Waals surface area contributed by atoms with E-state index in [2.05, 4.69) is 4.98 Å². The number of nitrogens with zero attached hydrogens (tertiary/aromatic N) is 2. The van der Waals surface area contributed by atoms with Crippen LogP contribution in [0.15, 0.2) is 36.5 Å². The number of aryl methyl sites for hydroxylation is 1. The molecule has 152 valence electrons. The third kappa shape index (κ3) is 4.08. The number of anilines is 1. The summed E-state index contributed by atoms with van der Waals surface area (Å²) in [6.07, 6.45) is -4.11. The van der Waals surface area contributed by atoms with Gasteiger partial charge >= 0.3 is 6.18 Å². The molecule has 4 nitrogen and oxygen atoms in total. The zero-order chi connectivity index (χ0) is 21.5. The Kier molecular flexibility index (Phi) is 5.07. The molecule has 0 unspecified atom stereocenters. The minimum absolute atomic E-state index is 0.136. The zero-order valence-corrected chi connectivity index (χ0v) is 14.4. The lowest BCUT2D eigenvalue weighted by atomic mass is 10.1. The Labute approximate surface area is 158 Å². The lowest BCUT2D eigenvalue weighted by molar-refractivity contribution is -0.141. The lowest BCUT2D eigenvalue weighted by Crippen LogP contribution is -2.16. The molecule has 1 heterocycles. The summed E-state index contributed by atoms with van der Waals surface area (Å²) in [6.45, 7) is 1.24. The number of nitrogens with one attached hydrogen (secondary N) is 1. The summed E-state index contributed by atoms with van der Waals surface area (Å²) in [4.78, 5) is 15.3. The Hall–Kier alpha value is -3.37. The van der Waals surface area contributed by atoms with Crippen LogP contribution in [0.2, 0.25) is 0 Å². The van der Waals surface area contributed by atoms with E-state index in [-0.39, 0.29) is 17.2 Å². The van der Waals surface area contributed by atoms with Crippen molar-refractivity contribution < 1.29 is 35.5 Å². The predicted molar refractivity (Wildman–Crippen MR) is 87.5 cm³/mol. The van der Waals surface area contributed by atoms with E-state index in [1.54, 1.807) is 0 Å². The summed E-state index contributed by atoms with van der Waals surface area (Å²) in [5, 5.41) is 2.04. The van der Waals surface area contributed by atoms with E-state index < -0.39 is 46.6 Å². The first kappa shape index (κ1) is 20.4. The molecule has 1 aromatic heterocycles. The minimum atomic E-state index is -4.72. The molecule has 0 atom stereocenters. The van der Waals surface area contributed by atoms with E-state index in [1.165, 1.54) is 6.92 Å². The van der Waals surface area contributed by atoms with Crippen molar-refractivity contribution in [2.24, 2.45) is 0 Å². The van der Waals surface area contributed by atoms with Gasteiger partial charge in [-0.3, -0.25) is 4.79 Å². The normalized spacial score (nSPS) is 11.6. The largest absolute Gasteiger partial charge is 0.434 e. The maximum Gasteiger partial charge on any atom is 0.434 e. The summed E-state index contributed by atoms with van der Waals surface area (Å²) < 4.78 is 93.8. The van der Waals surface area contributed by atoms with Gasteiger partial charge in [-0.25, -0.2) is 22.5 Å². The Morgan fingerprint density at radius 1 is 1.00 bits per heavy atom. The Morgan fingerprint density at radius 3 is 2.14 bits per heavy atom. The number of carbonyl (C=O) groups excluding carboxylic acids is 1. The topological polar surface area (TPSA) is 46.9 Å². The van der Waals surface area contributed by atoms with E-state index in [0.717, 1.165) is 22.8 Å². The van der Waals surface area contributed by atoms with Crippen molar-refractivity contribution in [1.82, 2.24) is 9.55 Å². The van der Waals surface area contributed by atoms with Gasteiger partial charge in [0.1, 0.15) is 34.7 Å². The van der Waals surface area contributed by atoms with Crippen LogP contribution >= 0.6 is 0 Å². The summed E-state index contributed by atoms with van der Waals surface area (Å²) in [5.74, 6) is -6.59.